The lowest BCUT2D eigenvalue weighted by Crippen LogP contribution is -2.27. The lowest BCUT2D eigenvalue weighted by atomic mass is 10.1. The maximum atomic E-state index is 13.6. The first-order chi connectivity index (χ1) is 8.47. The van der Waals surface area contributed by atoms with E-state index in [1.807, 2.05) is 6.92 Å². The summed E-state index contributed by atoms with van der Waals surface area (Å²) in [6, 6.07) is 1.75. The average Bonchev–Trinajstić information content (AvgIpc) is 2.31. The van der Waals surface area contributed by atoms with Crippen molar-refractivity contribution < 1.29 is 14.0 Å². The number of nitrogens with one attached hydrogen (secondary N) is 1. The summed E-state index contributed by atoms with van der Waals surface area (Å²) >= 11 is 3.09. The zero-order valence-corrected chi connectivity index (χ0v) is 11.3. The van der Waals surface area contributed by atoms with Gasteiger partial charge in [-0.1, -0.05) is 12.1 Å². The van der Waals surface area contributed by atoms with Gasteiger partial charge in [-0.15, -0.1) is 0 Å². The molecule has 7 heteroatoms. The van der Waals surface area contributed by atoms with Crippen molar-refractivity contribution in [2.45, 2.75) is 25.8 Å². The van der Waals surface area contributed by atoms with E-state index < -0.39 is 11.6 Å². The van der Waals surface area contributed by atoms with Crippen molar-refractivity contribution >= 4 is 27.5 Å². The molecule has 0 saturated carbocycles. The molecule has 0 radical (unpaired) electrons. The Morgan fingerprint density at radius 1 is 1.56 bits per heavy atom. The maximum absolute atomic E-state index is 13.6. The van der Waals surface area contributed by atoms with Crippen molar-refractivity contribution in [1.29, 1.82) is 0 Å². The van der Waals surface area contributed by atoms with Gasteiger partial charge in [-0.05, 0) is 28.4 Å². The van der Waals surface area contributed by atoms with Crippen molar-refractivity contribution in [2.24, 2.45) is 10.9 Å². The summed E-state index contributed by atoms with van der Waals surface area (Å²) in [7, 11) is 0. The molecule has 0 fully saturated rings. The molecule has 100 valence electrons. The Balaban J connectivity index is 2.88. The molecule has 4 N–H and O–H groups in total. The molecule has 4 nitrogen and oxygen atoms in total. The number of benzene rings is 1. The number of hydrogen-bond acceptors (Lipinski definition) is 3. The van der Waals surface area contributed by atoms with Gasteiger partial charge in [-0.3, -0.25) is 0 Å². The van der Waals surface area contributed by atoms with Gasteiger partial charge in [0.15, 0.2) is 0 Å². The van der Waals surface area contributed by atoms with Crippen molar-refractivity contribution in [3.63, 3.8) is 0 Å². The predicted octanol–water partition coefficient (Wildman–Crippen LogP) is 3.05. The van der Waals surface area contributed by atoms with Crippen LogP contribution in [-0.4, -0.2) is 17.1 Å². The van der Waals surface area contributed by atoms with Gasteiger partial charge < -0.3 is 16.3 Å². The maximum Gasteiger partial charge on any atom is 0.150 e. The van der Waals surface area contributed by atoms with E-state index in [4.69, 9.17) is 10.9 Å². The first-order valence-electron chi connectivity index (χ1n) is 5.35. The van der Waals surface area contributed by atoms with Gasteiger partial charge in [-0.25, -0.2) is 8.78 Å². The fraction of sp³-hybridized carbons (Fsp3) is 0.364. The fourth-order valence-corrected chi connectivity index (χ4v) is 2.00. The fourth-order valence-electron chi connectivity index (χ4n) is 1.47. The van der Waals surface area contributed by atoms with Crippen LogP contribution in [0.15, 0.2) is 21.8 Å². The minimum Gasteiger partial charge on any atom is -0.409 e. The highest BCUT2D eigenvalue weighted by atomic mass is 79.9. The standard InChI is InChI=1S/C11H14BrF2N3O/c1-2-7(5-10(15)17-18)16-11-8(12)3-6(13)4-9(11)14/h3-4,7,16,18H,2,5H2,1H3,(H2,15,17). The van der Waals surface area contributed by atoms with Gasteiger partial charge in [0.25, 0.3) is 0 Å². The second-order valence-corrected chi connectivity index (χ2v) is 4.64. The summed E-state index contributed by atoms with van der Waals surface area (Å²) in [5.41, 5.74) is 5.56. The zero-order valence-electron chi connectivity index (χ0n) is 9.75. The molecule has 0 aromatic heterocycles. The van der Waals surface area contributed by atoms with Crippen LogP contribution in [0.3, 0.4) is 0 Å². The van der Waals surface area contributed by atoms with Gasteiger partial charge in [0.1, 0.15) is 17.5 Å². The molecule has 0 saturated heterocycles. The Kier molecular flexibility index (Phi) is 5.33. The normalized spacial score (nSPS) is 13.4. The van der Waals surface area contributed by atoms with Crippen molar-refractivity contribution in [3.05, 3.63) is 28.2 Å². The minimum absolute atomic E-state index is 0.0491. The van der Waals surface area contributed by atoms with Gasteiger partial charge in [0.05, 0.1) is 5.69 Å². The molecule has 0 aliphatic rings. The number of anilines is 1. The molecule has 0 amide bonds. The van der Waals surface area contributed by atoms with Crippen LogP contribution >= 0.6 is 15.9 Å². The molecule has 0 heterocycles. The summed E-state index contributed by atoms with van der Waals surface area (Å²) < 4.78 is 26.8. The molecule has 1 unspecified atom stereocenters. The lowest BCUT2D eigenvalue weighted by Gasteiger charge is -2.19. The van der Waals surface area contributed by atoms with Crippen LogP contribution in [-0.2, 0) is 0 Å². The number of nitrogens with two attached hydrogens (primary N) is 1. The Morgan fingerprint density at radius 2 is 2.22 bits per heavy atom. The van der Waals surface area contributed by atoms with E-state index in [-0.39, 0.29) is 28.5 Å². The molecule has 1 rings (SSSR count). The number of hydrogen-bond donors (Lipinski definition) is 3. The second-order valence-electron chi connectivity index (χ2n) is 3.79. The largest absolute Gasteiger partial charge is 0.409 e. The van der Waals surface area contributed by atoms with Gasteiger partial charge in [0.2, 0.25) is 0 Å². The van der Waals surface area contributed by atoms with Crippen LogP contribution < -0.4 is 11.1 Å². The number of rotatable bonds is 5. The van der Waals surface area contributed by atoms with Gasteiger partial charge in [-0.2, -0.15) is 0 Å². The topological polar surface area (TPSA) is 70.6 Å². The quantitative estimate of drug-likeness (QED) is 0.338. The molecular weight excluding hydrogens is 308 g/mol. The van der Waals surface area contributed by atoms with E-state index in [0.717, 1.165) is 6.07 Å². The van der Waals surface area contributed by atoms with Crippen LogP contribution in [0.25, 0.3) is 0 Å². The zero-order chi connectivity index (χ0) is 13.7. The molecule has 0 bridgehead atoms. The summed E-state index contributed by atoms with van der Waals surface area (Å²) in [6.45, 7) is 1.87. The molecule has 0 aliphatic heterocycles. The Morgan fingerprint density at radius 3 is 2.72 bits per heavy atom. The Bertz CT molecular complexity index is 431. The molecule has 1 aromatic rings. The Labute approximate surface area is 112 Å². The van der Waals surface area contributed by atoms with Crippen LogP contribution in [0.2, 0.25) is 0 Å². The highest BCUT2D eigenvalue weighted by molar-refractivity contribution is 9.10. The van der Waals surface area contributed by atoms with Crippen molar-refractivity contribution in [2.75, 3.05) is 5.32 Å². The SMILES string of the molecule is CCC(CC(N)=NO)Nc1c(F)cc(F)cc1Br. The van der Waals surface area contributed by atoms with E-state index in [1.165, 1.54) is 6.07 Å². The van der Waals surface area contributed by atoms with E-state index >= 15 is 0 Å². The highest BCUT2D eigenvalue weighted by Gasteiger charge is 2.15. The Hall–Kier alpha value is -1.37. The first-order valence-corrected chi connectivity index (χ1v) is 6.14. The third kappa shape index (κ3) is 3.83. The third-order valence-electron chi connectivity index (χ3n) is 2.43. The molecule has 18 heavy (non-hydrogen) atoms. The minimum atomic E-state index is -0.695. The van der Waals surface area contributed by atoms with Crippen LogP contribution in [0.1, 0.15) is 19.8 Å². The van der Waals surface area contributed by atoms with E-state index in [9.17, 15) is 8.78 Å². The molecule has 1 atom stereocenters. The van der Waals surface area contributed by atoms with Crippen LogP contribution in [0, 0.1) is 11.6 Å². The summed E-state index contributed by atoms with van der Waals surface area (Å²) in [6.07, 6.45) is 0.899. The van der Waals surface area contributed by atoms with Crippen molar-refractivity contribution in [3.8, 4) is 0 Å². The third-order valence-corrected chi connectivity index (χ3v) is 3.06. The molecule has 0 aliphatic carbocycles. The van der Waals surface area contributed by atoms with E-state index in [1.54, 1.807) is 0 Å². The first kappa shape index (κ1) is 14.7. The molecule has 1 aromatic carbocycles. The van der Waals surface area contributed by atoms with E-state index in [0.29, 0.717) is 6.42 Å². The van der Waals surface area contributed by atoms with Crippen LogP contribution in [0.5, 0.6) is 0 Å². The summed E-state index contributed by atoms with van der Waals surface area (Å²) in [4.78, 5) is 0. The average molecular weight is 322 g/mol. The number of nitrogens with zero attached hydrogens (tertiary/aromatic N) is 1. The summed E-state index contributed by atoms with van der Waals surface area (Å²) in [5.74, 6) is -1.30. The number of oxime groups is 1. The highest BCUT2D eigenvalue weighted by Crippen LogP contribution is 2.28. The number of halogens is 3. The van der Waals surface area contributed by atoms with Crippen molar-refractivity contribution in [1.82, 2.24) is 0 Å². The summed E-state index contributed by atoms with van der Waals surface area (Å²) in [5, 5.41) is 14.3. The number of amidine groups is 1. The van der Waals surface area contributed by atoms with Gasteiger partial charge in [0, 0.05) is 23.0 Å². The monoisotopic (exact) mass is 321 g/mol. The molecule has 0 spiro atoms. The predicted molar refractivity (Wildman–Crippen MR) is 69.8 cm³/mol. The second kappa shape index (κ2) is 6.53. The smallest absolute Gasteiger partial charge is 0.150 e. The van der Waals surface area contributed by atoms with Crippen LogP contribution in [0.4, 0.5) is 14.5 Å². The molecular formula is C11H14BrF2N3O. The van der Waals surface area contributed by atoms with E-state index in [2.05, 4.69) is 26.4 Å². The lowest BCUT2D eigenvalue weighted by molar-refractivity contribution is 0.316. The van der Waals surface area contributed by atoms with Gasteiger partial charge >= 0.3 is 0 Å².